The van der Waals surface area contributed by atoms with Gasteiger partial charge in [-0.05, 0) is 19.1 Å². The van der Waals surface area contributed by atoms with Crippen molar-refractivity contribution < 1.29 is 0 Å². The summed E-state index contributed by atoms with van der Waals surface area (Å²) in [4.78, 5) is 12.9. The van der Waals surface area contributed by atoms with Crippen LogP contribution in [0.1, 0.15) is 5.69 Å². The zero-order valence-corrected chi connectivity index (χ0v) is 8.83. The van der Waals surface area contributed by atoms with Crippen LogP contribution in [0.3, 0.4) is 0 Å². The van der Waals surface area contributed by atoms with E-state index >= 15 is 0 Å². The van der Waals surface area contributed by atoms with Gasteiger partial charge in [0.1, 0.15) is 5.69 Å². The Labute approximate surface area is 92.6 Å². The lowest BCUT2D eigenvalue weighted by Gasteiger charge is -2.01. The lowest BCUT2D eigenvalue weighted by atomic mass is 10.2. The van der Waals surface area contributed by atoms with Gasteiger partial charge in [-0.2, -0.15) is 0 Å². The van der Waals surface area contributed by atoms with Crippen LogP contribution in [0.2, 0.25) is 0 Å². The summed E-state index contributed by atoms with van der Waals surface area (Å²) < 4.78 is 1.98. The van der Waals surface area contributed by atoms with Gasteiger partial charge in [-0.15, -0.1) is 0 Å². The minimum absolute atomic E-state index is 0.865. The average Bonchev–Trinajstić information content (AvgIpc) is 2.70. The third-order valence-electron chi connectivity index (χ3n) is 2.43. The molecule has 0 aliphatic heterocycles. The van der Waals surface area contributed by atoms with Crippen molar-refractivity contribution in [3.8, 4) is 11.3 Å². The van der Waals surface area contributed by atoms with Crippen molar-refractivity contribution in [2.75, 3.05) is 0 Å². The lowest BCUT2D eigenvalue weighted by Crippen LogP contribution is -1.91. The SMILES string of the molecule is Cc1cn2ccnc(-c3cccnc3)c2n1. The first-order chi connectivity index (χ1) is 7.84. The first-order valence-corrected chi connectivity index (χ1v) is 5.05. The van der Waals surface area contributed by atoms with Gasteiger partial charge in [0.25, 0.3) is 0 Å². The number of aromatic nitrogens is 4. The normalized spacial score (nSPS) is 10.8. The molecular formula is C12H10N4. The fourth-order valence-corrected chi connectivity index (χ4v) is 1.75. The molecule has 0 amide bonds. The summed E-state index contributed by atoms with van der Waals surface area (Å²) in [7, 11) is 0. The van der Waals surface area contributed by atoms with E-state index in [0.29, 0.717) is 0 Å². The maximum Gasteiger partial charge on any atom is 0.163 e. The largest absolute Gasteiger partial charge is 0.303 e. The molecule has 0 fully saturated rings. The smallest absolute Gasteiger partial charge is 0.163 e. The standard InChI is InChI=1S/C12H10N4/c1-9-8-16-6-5-14-11(12(16)15-9)10-3-2-4-13-7-10/h2-8H,1H3. The van der Waals surface area contributed by atoms with Crippen LogP contribution in [0.15, 0.2) is 43.1 Å². The van der Waals surface area contributed by atoms with E-state index in [1.807, 2.05) is 35.9 Å². The molecule has 0 spiro atoms. The molecule has 4 heteroatoms. The van der Waals surface area contributed by atoms with Crippen LogP contribution in [0.5, 0.6) is 0 Å². The molecule has 3 heterocycles. The van der Waals surface area contributed by atoms with Crippen LogP contribution in [0, 0.1) is 6.92 Å². The Morgan fingerprint density at radius 1 is 1.25 bits per heavy atom. The van der Waals surface area contributed by atoms with Crippen LogP contribution in [-0.2, 0) is 0 Å². The van der Waals surface area contributed by atoms with Gasteiger partial charge in [-0.25, -0.2) is 4.98 Å². The topological polar surface area (TPSA) is 43.1 Å². The molecule has 0 saturated heterocycles. The summed E-state index contributed by atoms with van der Waals surface area (Å²) in [6.07, 6.45) is 9.20. The molecule has 0 aromatic carbocycles. The molecule has 3 aromatic heterocycles. The van der Waals surface area contributed by atoms with E-state index in [0.717, 1.165) is 22.6 Å². The number of pyridine rings is 1. The van der Waals surface area contributed by atoms with Crippen molar-refractivity contribution in [2.45, 2.75) is 6.92 Å². The number of rotatable bonds is 1. The predicted molar refractivity (Wildman–Crippen MR) is 61.0 cm³/mol. The van der Waals surface area contributed by atoms with Crippen molar-refractivity contribution in [2.24, 2.45) is 0 Å². The molecule has 3 aromatic rings. The molecule has 78 valence electrons. The molecule has 0 bridgehead atoms. The van der Waals surface area contributed by atoms with Gasteiger partial charge < -0.3 is 4.40 Å². The summed E-state index contributed by atoms with van der Waals surface area (Å²) in [5.74, 6) is 0. The molecule has 0 atom stereocenters. The number of aryl methyl sites for hydroxylation is 1. The molecular weight excluding hydrogens is 200 g/mol. The Morgan fingerprint density at radius 2 is 2.19 bits per heavy atom. The predicted octanol–water partition coefficient (Wildman–Crippen LogP) is 2.10. The zero-order valence-electron chi connectivity index (χ0n) is 8.83. The molecule has 0 aliphatic carbocycles. The van der Waals surface area contributed by atoms with Crippen LogP contribution in [0.4, 0.5) is 0 Å². The van der Waals surface area contributed by atoms with Crippen LogP contribution in [-0.4, -0.2) is 19.4 Å². The van der Waals surface area contributed by atoms with Crippen LogP contribution in [0.25, 0.3) is 16.9 Å². The van der Waals surface area contributed by atoms with Crippen molar-refractivity contribution in [1.82, 2.24) is 19.4 Å². The maximum atomic E-state index is 4.46. The Balaban J connectivity index is 2.31. The number of fused-ring (bicyclic) bond motifs is 1. The van der Waals surface area contributed by atoms with Crippen molar-refractivity contribution >= 4 is 5.65 Å². The van der Waals surface area contributed by atoms with E-state index in [2.05, 4.69) is 15.0 Å². The first-order valence-electron chi connectivity index (χ1n) is 5.05. The van der Waals surface area contributed by atoms with Crippen molar-refractivity contribution in [3.05, 3.63) is 48.8 Å². The maximum absolute atomic E-state index is 4.46. The van der Waals surface area contributed by atoms with Crippen molar-refractivity contribution in [3.63, 3.8) is 0 Å². The number of nitrogens with zero attached hydrogens (tertiary/aromatic N) is 4. The average molecular weight is 210 g/mol. The van der Waals surface area contributed by atoms with Gasteiger partial charge in [0.05, 0.1) is 5.69 Å². The fraction of sp³-hybridized carbons (Fsp3) is 0.0833. The Kier molecular flexibility index (Phi) is 1.93. The number of imidazole rings is 1. The Hall–Kier alpha value is -2.23. The molecule has 16 heavy (non-hydrogen) atoms. The third kappa shape index (κ3) is 1.35. The molecule has 0 radical (unpaired) electrons. The van der Waals surface area contributed by atoms with E-state index < -0.39 is 0 Å². The van der Waals surface area contributed by atoms with Gasteiger partial charge in [-0.3, -0.25) is 9.97 Å². The molecule has 0 saturated carbocycles. The molecule has 4 nitrogen and oxygen atoms in total. The molecule has 0 N–H and O–H groups in total. The summed E-state index contributed by atoms with van der Waals surface area (Å²) in [5, 5.41) is 0. The highest BCUT2D eigenvalue weighted by atomic mass is 15.0. The van der Waals surface area contributed by atoms with Gasteiger partial charge in [0.2, 0.25) is 0 Å². The lowest BCUT2D eigenvalue weighted by molar-refractivity contribution is 1.13. The summed E-state index contributed by atoms with van der Waals surface area (Å²) >= 11 is 0. The summed E-state index contributed by atoms with van der Waals surface area (Å²) in [6.45, 7) is 1.97. The summed E-state index contributed by atoms with van der Waals surface area (Å²) in [5.41, 5.74) is 3.70. The first kappa shape index (κ1) is 9.03. The number of hydrogen-bond acceptors (Lipinski definition) is 3. The molecule has 3 rings (SSSR count). The van der Waals surface area contributed by atoms with E-state index in [1.165, 1.54) is 0 Å². The van der Waals surface area contributed by atoms with Crippen molar-refractivity contribution in [1.29, 1.82) is 0 Å². The van der Waals surface area contributed by atoms with E-state index in [4.69, 9.17) is 0 Å². The second-order valence-corrected chi connectivity index (χ2v) is 3.63. The van der Waals surface area contributed by atoms with Crippen LogP contribution >= 0.6 is 0 Å². The second kappa shape index (κ2) is 3.41. The minimum Gasteiger partial charge on any atom is -0.303 e. The van der Waals surface area contributed by atoms with Gasteiger partial charge in [-0.1, -0.05) is 0 Å². The highest BCUT2D eigenvalue weighted by molar-refractivity contribution is 5.72. The fourth-order valence-electron chi connectivity index (χ4n) is 1.75. The molecule has 0 unspecified atom stereocenters. The van der Waals surface area contributed by atoms with Crippen LogP contribution < -0.4 is 0 Å². The Bertz CT molecular complexity index is 628. The van der Waals surface area contributed by atoms with Gasteiger partial charge in [0, 0.05) is 36.5 Å². The number of hydrogen-bond donors (Lipinski definition) is 0. The quantitative estimate of drug-likeness (QED) is 0.617. The van der Waals surface area contributed by atoms with E-state index in [1.54, 1.807) is 18.6 Å². The molecule has 0 aliphatic rings. The van der Waals surface area contributed by atoms with E-state index in [9.17, 15) is 0 Å². The van der Waals surface area contributed by atoms with Gasteiger partial charge >= 0.3 is 0 Å². The minimum atomic E-state index is 0.865. The third-order valence-corrected chi connectivity index (χ3v) is 2.43. The highest BCUT2D eigenvalue weighted by Crippen LogP contribution is 2.20. The second-order valence-electron chi connectivity index (χ2n) is 3.63. The van der Waals surface area contributed by atoms with E-state index in [-0.39, 0.29) is 0 Å². The monoisotopic (exact) mass is 210 g/mol. The summed E-state index contributed by atoms with van der Waals surface area (Å²) in [6, 6.07) is 3.88. The Morgan fingerprint density at radius 3 is 3.00 bits per heavy atom. The van der Waals surface area contributed by atoms with Gasteiger partial charge in [0.15, 0.2) is 5.65 Å². The zero-order chi connectivity index (χ0) is 11.0. The highest BCUT2D eigenvalue weighted by Gasteiger charge is 2.07.